The van der Waals surface area contributed by atoms with Gasteiger partial charge < -0.3 is 10.2 Å². The van der Waals surface area contributed by atoms with E-state index in [0.29, 0.717) is 4.31 Å². The van der Waals surface area contributed by atoms with Crippen LogP contribution in [-0.2, 0) is 26.2 Å². The monoisotopic (exact) mass is 483 g/mol. The first kappa shape index (κ1) is 23.9. The van der Waals surface area contributed by atoms with E-state index in [9.17, 15) is 22.8 Å². The number of hydrogen-bond acceptors (Lipinski definition) is 5. The molecule has 1 atom stereocenters. The molecule has 2 aliphatic rings. The zero-order valence-corrected chi connectivity index (χ0v) is 20.0. The van der Waals surface area contributed by atoms with Crippen molar-refractivity contribution in [3.05, 3.63) is 65.7 Å². The molecular formula is C25H29N3O5S. The van der Waals surface area contributed by atoms with E-state index >= 15 is 0 Å². The highest BCUT2D eigenvalue weighted by molar-refractivity contribution is 7.90. The van der Waals surface area contributed by atoms with Crippen LogP contribution in [0.15, 0.2) is 59.5 Å². The first-order chi connectivity index (χ1) is 16.3. The van der Waals surface area contributed by atoms with Gasteiger partial charge in [0.15, 0.2) is 0 Å². The van der Waals surface area contributed by atoms with Gasteiger partial charge in [-0.05, 0) is 37.5 Å². The van der Waals surface area contributed by atoms with Gasteiger partial charge in [-0.25, -0.2) is 12.7 Å². The smallest absolute Gasteiger partial charge is 0.269 e. The summed E-state index contributed by atoms with van der Waals surface area (Å²) in [5, 5.41) is 3.04. The van der Waals surface area contributed by atoms with Gasteiger partial charge in [0.25, 0.3) is 15.9 Å². The maximum Gasteiger partial charge on any atom is 0.269 e. The Hall–Kier alpha value is -3.20. The number of carbonyl (C=O) groups excluding carboxylic acids is 3. The van der Waals surface area contributed by atoms with Crippen LogP contribution >= 0.6 is 0 Å². The third-order valence-electron chi connectivity index (χ3n) is 6.51. The number of nitrogens with one attached hydrogen (secondary N) is 1. The molecule has 4 rings (SSSR count). The number of fused-ring (bicyclic) bond motifs is 1. The zero-order chi connectivity index (χ0) is 24.3. The quantitative estimate of drug-likeness (QED) is 0.652. The first-order valence-corrected chi connectivity index (χ1v) is 13.0. The van der Waals surface area contributed by atoms with Crippen molar-refractivity contribution in [3.63, 3.8) is 0 Å². The van der Waals surface area contributed by atoms with Crippen molar-refractivity contribution in [2.45, 2.75) is 62.6 Å². The highest BCUT2D eigenvalue weighted by Gasteiger charge is 2.43. The Morgan fingerprint density at radius 1 is 1.03 bits per heavy atom. The number of hydrogen-bond donors (Lipinski definition) is 1. The molecule has 1 N–H and O–H groups in total. The number of amides is 3. The molecule has 1 fully saturated rings. The van der Waals surface area contributed by atoms with Crippen LogP contribution in [0, 0.1) is 0 Å². The van der Waals surface area contributed by atoms with Crippen molar-refractivity contribution < 1.29 is 22.8 Å². The number of rotatable bonds is 7. The normalized spacial score (nSPS) is 18.3. The summed E-state index contributed by atoms with van der Waals surface area (Å²) in [7, 11) is -4.13. The third-order valence-corrected chi connectivity index (χ3v) is 8.29. The Morgan fingerprint density at radius 3 is 2.35 bits per heavy atom. The van der Waals surface area contributed by atoms with Crippen LogP contribution in [0.4, 0.5) is 0 Å². The van der Waals surface area contributed by atoms with Crippen LogP contribution in [0.25, 0.3) is 0 Å². The topological polar surface area (TPSA) is 104 Å². The van der Waals surface area contributed by atoms with Gasteiger partial charge >= 0.3 is 0 Å². The Balaban J connectivity index is 1.55. The summed E-state index contributed by atoms with van der Waals surface area (Å²) in [4.78, 5) is 40.5. The van der Waals surface area contributed by atoms with Gasteiger partial charge in [-0.2, -0.15) is 0 Å². The molecule has 3 amide bonds. The van der Waals surface area contributed by atoms with E-state index in [-0.39, 0.29) is 29.0 Å². The predicted molar refractivity (Wildman–Crippen MR) is 126 cm³/mol. The summed E-state index contributed by atoms with van der Waals surface area (Å²) in [5.74, 6) is -1.63. The second kappa shape index (κ2) is 9.97. The number of sulfonamides is 1. The van der Waals surface area contributed by atoms with Gasteiger partial charge in [0.2, 0.25) is 11.8 Å². The maximum atomic E-state index is 13.4. The molecule has 0 aromatic heterocycles. The van der Waals surface area contributed by atoms with Gasteiger partial charge in [0.05, 0.1) is 5.56 Å². The summed E-state index contributed by atoms with van der Waals surface area (Å²) in [6.45, 7) is 1.09. The summed E-state index contributed by atoms with van der Waals surface area (Å²) >= 11 is 0. The fraction of sp³-hybridized carbons (Fsp3) is 0.400. The van der Waals surface area contributed by atoms with E-state index in [1.165, 1.54) is 23.1 Å². The molecule has 0 spiro atoms. The first-order valence-electron chi connectivity index (χ1n) is 11.6. The highest BCUT2D eigenvalue weighted by atomic mass is 32.2. The molecule has 0 unspecified atom stereocenters. The van der Waals surface area contributed by atoms with Crippen molar-refractivity contribution in [2.75, 3.05) is 6.54 Å². The Bertz CT molecular complexity index is 1180. The minimum atomic E-state index is -4.13. The lowest BCUT2D eigenvalue weighted by Crippen LogP contribution is -2.52. The van der Waals surface area contributed by atoms with Gasteiger partial charge in [-0.1, -0.05) is 61.7 Å². The summed E-state index contributed by atoms with van der Waals surface area (Å²) in [6.07, 6.45) is 5.08. The lowest BCUT2D eigenvalue weighted by Gasteiger charge is -2.32. The number of carbonyl (C=O) groups is 3. The second-order valence-electron chi connectivity index (χ2n) is 8.84. The molecule has 0 radical (unpaired) electrons. The van der Waals surface area contributed by atoms with Gasteiger partial charge in [0, 0.05) is 12.6 Å². The zero-order valence-electron chi connectivity index (χ0n) is 19.1. The molecule has 180 valence electrons. The molecule has 1 saturated carbocycles. The second-order valence-corrected chi connectivity index (χ2v) is 10.7. The summed E-state index contributed by atoms with van der Waals surface area (Å²) in [6, 6.07) is 14.3. The molecule has 9 heteroatoms. The van der Waals surface area contributed by atoms with Gasteiger partial charge in [0.1, 0.15) is 17.5 Å². The largest absolute Gasteiger partial charge is 0.352 e. The van der Waals surface area contributed by atoms with Crippen LogP contribution < -0.4 is 5.32 Å². The van der Waals surface area contributed by atoms with E-state index in [1.807, 2.05) is 30.3 Å². The van der Waals surface area contributed by atoms with E-state index in [0.717, 1.165) is 37.7 Å². The number of benzene rings is 2. The Kier molecular flexibility index (Phi) is 7.02. The molecule has 2 aromatic rings. The van der Waals surface area contributed by atoms with Crippen LogP contribution in [-0.4, -0.2) is 54.0 Å². The predicted octanol–water partition coefficient (Wildman–Crippen LogP) is 2.70. The third kappa shape index (κ3) is 4.84. The van der Waals surface area contributed by atoms with E-state index in [2.05, 4.69) is 5.32 Å². The lowest BCUT2D eigenvalue weighted by atomic mass is 9.95. The van der Waals surface area contributed by atoms with Gasteiger partial charge in [-0.3, -0.25) is 14.4 Å². The van der Waals surface area contributed by atoms with Crippen LogP contribution in [0.2, 0.25) is 0 Å². The van der Waals surface area contributed by atoms with Crippen molar-refractivity contribution in [2.24, 2.45) is 0 Å². The summed E-state index contributed by atoms with van der Waals surface area (Å²) in [5.41, 5.74) is 0.847. The highest BCUT2D eigenvalue weighted by Crippen LogP contribution is 2.30. The van der Waals surface area contributed by atoms with Crippen LogP contribution in [0.1, 0.15) is 54.9 Å². The fourth-order valence-electron chi connectivity index (χ4n) is 4.53. The van der Waals surface area contributed by atoms with E-state index in [4.69, 9.17) is 0 Å². The van der Waals surface area contributed by atoms with Crippen molar-refractivity contribution in [3.8, 4) is 0 Å². The Labute approximate surface area is 200 Å². The fourth-order valence-corrected chi connectivity index (χ4v) is 6.05. The molecule has 1 aliphatic carbocycles. The molecule has 34 heavy (non-hydrogen) atoms. The maximum absolute atomic E-state index is 13.4. The van der Waals surface area contributed by atoms with Crippen LogP contribution in [0.5, 0.6) is 0 Å². The lowest BCUT2D eigenvalue weighted by molar-refractivity contribution is -0.140. The van der Waals surface area contributed by atoms with Crippen molar-refractivity contribution >= 4 is 27.7 Å². The molecule has 2 aromatic carbocycles. The minimum Gasteiger partial charge on any atom is -0.352 e. The van der Waals surface area contributed by atoms with Gasteiger partial charge in [-0.15, -0.1) is 0 Å². The molecule has 1 aliphatic heterocycles. The van der Waals surface area contributed by atoms with Crippen LogP contribution in [0.3, 0.4) is 0 Å². The summed E-state index contributed by atoms with van der Waals surface area (Å²) < 4.78 is 26.5. The number of nitrogens with zero attached hydrogens (tertiary/aromatic N) is 2. The molecule has 8 nitrogen and oxygen atoms in total. The molecule has 1 heterocycles. The standard InChI is InChI=1S/C25H29N3O5S/c1-18(24(30)26-20-12-6-3-7-13-20)27(16-19-10-4-2-5-11-19)23(29)17-28-25(31)21-14-8-9-15-22(21)34(28,32)33/h2,4-5,8-11,14-15,18,20H,3,6-7,12-13,16-17H2,1H3,(H,26,30)/t18-/m0/s1. The molecular weight excluding hydrogens is 454 g/mol. The minimum absolute atomic E-state index is 0.0491. The molecule has 0 bridgehead atoms. The molecule has 0 saturated heterocycles. The average Bonchev–Trinajstić information content (AvgIpc) is 3.04. The van der Waals surface area contributed by atoms with Crippen molar-refractivity contribution in [1.82, 2.24) is 14.5 Å². The average molecular weight is 484 g/mol. The van der Waals surface area contributed by atoms with E-state index in [1.54, 1.807) is 13.0 Å². The van der Waals surface area contributed by atoms with E-state index < -0.39 is 34.4 Å². The Morgan fingerprint density at radius 2 is 1.68 bits per heavy atom. The SMILES string of the molecule is C[C@@H](C(=O)NC1CCCCC1)N(Cc1ccccc1)C(=O)CN1C(=O)c2ccccc2S1(=O)=O. The van der Waals surface area contributed by atoms with Crippen molar-refractivity contribution in [1.29, 1.82) is 0 Å².